The van der Waals surface area contributed by atoms with Crippen LogP contribution >= 0.6 is 24.8 Å². The number of carbonyl (C=O) groups is 1. The van der Waals surface area contributed by atoms with Crippen LogP contribution in [0.25, 0.3) is 0 Å². The highest BCUT2D eigenvalue weighted by molar-refractivity contribution is 5.85. The third-order valence-corrected chi connectivity index (χ3v) is 3.94. The molecule has 1 amide bonds. The lowest BCUT2D eigenvalue weighted by Gasteiger charge is -2.72. The lowest BCUT2D eigenvalue weighted by atomic mass is 9.44. The van der Waals surface area contributed by atoms with Crippen molar-refractivity contribution in [2.45, 2.75) is 49.6 Å². The normalized spacial score (nSPS) is 41.9. The van der Waals surface area contributed by atoms with Crippen LogP contribution in [0.5, 0.6) is 0 Å². The van der Waals surface area contributed by atoms with Gasteiger partial charge in [0.1, 0.15) is 0 Å². The van der Waals surface area contributed by atoms with E-state index in [-0.39, 0.29) is 35.9 Å². The first kappa shape index (κ1) is 13.1. The van der Waals surface area contributed by atoms with Crippen molar-refractivity contribution in [2.75, 3.05) is 6.54 Å². The van der Waals surface area contributed by atoms with E-state index in [1.807, 2.05) is 0 Å². The Labute approximate surface area is 103 Å². The summed E-state index contributed by atoms with van der Waals surface area (Å²) in [6.45, 7) is 0.981. The maximum atomic E-state index is 11.6. The molecule has 0 atom stereocenters. The lowest BCUT2D eigenvalue weighted by Crippen LogP contribution is -2.83. The summed E-state index contributed by atoms with van der Waals surface area (Å²) in [5, 5.41) is 0. The van der Waals surface area contributed by atoms with Gasteiger partial charge in [-0.25, -0.2) is 0 Å². The van der Waals surface area contributed by atoms with Crippen molar-refractivity contribution in [1.29, 1.82) is 0 Å². The molecule has 1 saturated heterocycles. The number of rotatable bonds is 1. The molecule has 0 unspecified atom stereocenters. The summed E-state index contributed by atoms with van der Waals surface area (Å²) in [6.07, 6.45) is 6.22. The highest BCUT2D eigenvalue weighted by Crippen LogP contribution is 2.62. The maximum absolute atomic E-state index is 11.6. The molecule has 4 fully saturated rings. The van der Waals surface area contributed by atoms with Crippen molar-refractivity contribution in [1.82, 2.24) is 4.90 Å². The second-order valence-electron chi connectivity index (χ2n) is 5.12. The van der Waals surface area contributed by atoms with E-state index in [0.29, 0.717) is 5.91 Å². The number of amides is 1. The van der Waals surface area contributed by atoms with Gasteiger partial charge in [0.15, 0.2) is 0 Å². The van der Waals surface area contributed by atoms with E-state index < -0.39 is 0 Å². The minimum absolute atomic E-state index is 0. The van der Waals surface area contributed by atoms with Crippen LogP contribution in [0.3, 0.4) is 0 Å². The zero-order valence-electron chi connectivity index (χ0n) is 8.70. The summed E-state index contributed by atoms with van der Waals surface area (Å²) in [5.74, 6) is 0.369. The van der Waals surface area contributed by atoms with Crippen molar-refractivity contribution < 1.29 is 4.79 Å². The number of nitrogens with two attached hydrogens (primary N) is 1. The molecule has 88 valence electrons. The topological polar surface area (TPSA) is 46.3 Å². The highest BCUT2D eigenvalue weighted by atomic mass is 35.5. The van der Waals surface area contributed by atoms with E-state index in [9.17, 15) is 4.79 Å². The second kappa shape index (κ2) is 3.79. The van der Waals surface area contributed by atoms with Crippen LogP contribution < -0.4 is 5.73 Å². The molecule has 0 radical (unpaired) electrons. The van der Waals surface area contributed by atoms with E-state index in [2.05, 4.69) is 4.90 Å². The fourth-order valence-electron chi connectivity index (χ4n) is 3.40. The molecular formula is C10H18Cl2N2O. The molecule has 4 rings (SSSR count). The Kier molecular flexibility index (Phi) is 3.30. The predicted molar refractivity (Wildman–Crippen MR) is 63.6 cm³/mol. The maximum Gasteiger partial charge on any atom is 0.223 e. The average molecular weight is 253 g/mol. The van der Waals surface area contributed by atoms with Crippen LogP contribution in [0.2, 0.25) is 0 Å². The highest BCUT2D eigenvalue weighted by Gasteiger charge is 2.69. The fraction of sp³-hybridized carbons (Fsp3) is 0.900. The molecule has 0 aromatic heterocycles. The third-order valence-electron chi connectivity index (χ3n) is 3.94. The number of nitrogens with zero attached hydrogens (tertiary/aromatic N) is 1. The number of piperidine rings is 1. The second-order valence-corrected chi connectivity index (χ2v) is 5.12. The molecule has 3 aliphatic carbocycles. The van der Waals surface area contributed by atoms with Crippen LogP contribution in [0.4, 0.5) is 0 Å². The van der Waals surface area contributed by atoms with Crippen LogP contribution in [0.1, 0.15) is 38.5 Å². The molecule has 5 heteroatoms. The van der Waals surface area contributed by atoms with Gasteiger partial charge in [-0.05, 0) is 32.1 Å². The van der Waals surface area contributed by atoms with Gasteiger partial charge >= 0.3 is 0 Å². The van der Waals surface area contributed by atoms with Crippen molar-refractivity contribution in [3.05, 3.63) is 0 Å². The first-order valence-corrected chi connectivity index (χ1v) is 5.23. The zero-order valence-corrected chi connectivity index (χ0v) is 10.3. The van der Waals surface area contributed by atoms with Gasteiger partial charge in [0.05, 0.1) is 0 Å². The zero-order chi connectivity index (χ0) is 9.10. The van der Waals surface area contributed by atoms with Gasteiger partial charge in [-0.1, -0.05) is 0 Å². The molecule has 3 saturated carbocycles. The smallest absolute Gasteiger partial charge is 0.223 e. The molecule has 1 heterocycles. The third kappa shape index (κ3) is 1.65. The van der Waals surface area contributed by atoms with E-state index in [0.717, 1.165) is 38.6 Å². The molecule has 0 aromatic carbocycles. The van der Waals surface area contributed by atoms with Gasteiger partial charge < -0.3 is 10.6 Å². The molecule has 0 aromatic rings. The quantitative estimate of drug-likeness (QED) is 0.769. The number of likely N-dealkylation sites (tertiary alicyclic amines) is 1. The lowest BCUT2D eigenvalue weighted by molar-refractivity contribution is -0.183. The van der Waals surface area contributed by atoms with Crippen LogP contribution in [-0.2, 0) is 4.79 Å². The molecule has 2 bridgehead atoms. The number of halogens is 2. The molecular weight excluding hydrogens is 235 g/mol. The fourth-order valence-corrected chi connectivity index (χ4v) is 3.40. The summed E-state index contributed by atoms with van der Waals surface area (Å²) < 4.78 is 0. The largest absolute Gasteiger partial charge is 0.337 e. The van der Waals surface area contributed by atoms with Gasteiger partial charge in [-0.3, -0.25) is 4.79 Å². The van der Waals surface area contributed by atoms with E-state index in [1.54, 1.807) is 0 Å². The summed E-state index contributed by atoms with van der Waals surface area (Å²) in [5.41, 5.74) is 6.34. The van der Waals surface area contributed by atoms with Crippen molar-refractivity contribution in [2.24, 2.45) is 5.73 Å². The summed E-state index contributed by atoms with van der Waals surface area (Å²) in [6, 6.07) is 0. The van der Waals surface area contributed by atoms with Gasteiger partial charge in [-0.2, -0.15) is 0 Å². The SMILES string of the molecule is Cl.Cl.NC12CC(N3CCCCC3=O)(C1)C2. The standard InChI is InChI=1S/C10H16N2O.2ClH/c11-9-5-10(6-9,7-9)12-4-2-1-3-8(12)13;;/h1-7,11H2;2*1H. The Morgan fingerprint density at radius 3 is 2.20 bits per heavy atom. The van der Waals surface area contributed by atoms with Gasteiger partial charge in [-0.15, -0.1) is 24.8 Å². The first-order chi connectivity index (χ1) is 6.14. The monoisotopic (exact) mass is 252 g/mol. The van der Waals surface area contributed by atoms with Gasteiger partial charge in [0, 0.05) is 24.0 Å². The summed E-state index contributed by atoms with van der Waals surface area (Å²) in [4.78, 5) is 13.8. The minimum atomic E-state index is 0. The van der Waals surface area contributed by atoms with Gasteiger partial charge in [0.25, 0.3) is 0 Å². The molecule has 15 heavy (non-hydrogen) atoms. The number of carbonyl (C=O) groups excluding carboxylic acids is 1. The molecule has 3 nitrogen and oxygen atoms in total. The van der Waals surface area contributed by atoms with Crippen molar-refractivity contribution in [3.63, 3.8) is 0 Å². The van der Waals surface area contributed by atoms with Crippen molar-refractivity contribution in [3.8, 4) is 0 Å². The van der Waals surface area contributed by atoms with Crippen LogP contribution in [0.15, 0.2) is 0 Å². The van der Waals surface area contributed by atoms with E-state index in [4.69, 9.17) is 5.73 Å². The Hall–Kier alpha value is 0.01000. The van der Waals surface area contributed by atoms with Crippen molar-refractivity contribution >= 4 is 30.7 Å². The molecule has 0 spiro atoms. The Morgan fingerprint density at radius 1 is 1.13 bits per heavy atom. The van der Waals surface area contributed by atoms with Crippen LogP contribution in [0, 0.1) is 0 Å². The molecule has 4 aliphatic rings. The van der Waals surface area contributed by atoms with Crippen LogP contribution in [-0.4, -0.2) is 28.4 Å². The Balaban J connectivity index is 0.000000562. The first-order valence-electron chi connectivity index (χ1n) is 5.23. The molecule has 2 N–H and O–H groups in total. The molecule has 1 aliphatic heterocycles. The van der Waals surface area contributed by atoms with E-state index in [1.165, 1.54) is 6.42 Å². The Bertz CT molecular complexity index is 263. The summed E-state index contributed by atoms with van der Waals surface area (Å²) in [7, 11) is 0. The average Bonchev–Trinajstić information content (AvgIpc) is 1.99. The minimum Gasteiger partial charge on any atom is -0.337 e. The summed E-state index contributed by atoms with van der Waals surface area (Å²) >= 11 is 0. The van der Waals surface area contributed by atoms with E-state index >= 15 is 0 Å². The number of hydrogen-bond acceptors (Lipinski definition) is 2. The Morgan fingerprint density at radius 2 is 1.73 bits per heavy atom. The predicted octanol–water partition coefficient (Wildman–Crippen LogP) is 1.48. The number of hydrogen-bond donors (Lipinski definition) is 1. The van der Waals surface area contributed by atoms with Gasteiger partial charge in [0.2, 0.25) is 5.91 Å².